The lowest BCUT2D eigenvalue weighted by atomic mass is 9.81. The van der Waals surface area contributed by atoms with Gasteiger partial charge in [-0.05, 0) is 30.9 Å². The summed E-state index contributed by atoms with van der Waals surface area (Å²) >= 11 is 0. The first kappa shape index (κ1) is 8.74. The molecule has 1 unspecified atom stereocenters. The molecule has 0 radical (unpaired) electrons. The number of nitrogens with zero attached hydrogens (tertiary/aromatic N) is 1. The smallest absolute Gasteiger partial charge is 0.0434 e. The Balaban J connectivity index is 2.08. The van der Waals surface area contributed by atoms with Crippen LogP contribution in [0.1, 0.15) is 44.2 Å². The van der Waals surface area contributed by atoms with E-state index in [9.17, 15) is 0 Å². The van der Waals surface area contributed by atoms with E-state index in [2.05, 4.69) is 24.0 Å². The summed E-state index contributed by atoms with van der Waals surface area (Å²) in [4.78, 5) is 4.44. The van der Waals surface area contributed by atoms with E-state index in [-0.39, 0.29) is 0 Å². The molecule has 0 spiro atoms. The second kappa shape index (κ2) is 3.91. The summed E-state index contributed by atoms with van der Waals surface area (Å²) in [5, 5.41) is 0. The molecule has 1 nitrogen and oxygen atoms in total. The zero-order valence-corrected chi connectivity index (χ0v) is 8.24. The first-order chi connectivity index (χ1) is 6.36. The monoisotopic (exact) mass is 175 g/mol. The van der Waals surface area contributed by atoms with Crippen molar-refractivity contribution >= 4 is 0 Å². The summed E-state index contributed by atoms with van der Waals surface area (Å²) in [5.41, 5.74) is 1.30. The molecule has 70 valence electrons. The molecule has 1 heteroatoms. The highest BCUT2D eigenvalue weighted by molar-refractivity contribution is 5.10. The van der Waals surface area contributed by atoms with Crippen molar-refractivity contribution < 1.29 is 0 Å². The molecule has 2 rings (SSSR count). The molecule has 1 saturated carbocycles. The van der Waals surface area contributed by atoms with Crippen LogP contribution >= 0.6 is 0 Å². The summed E-state index contributed by atoms with van der Waals surface area (Å²) < 4.78 is 0. The zero-order valence-electron chi connectivity index (χ0n) is 8.24. The van der Waals surface area contributed by atoms with E-state index >= 15 is 0 Å². The third kappa shape index (κ3) is 2.09. The van der Waals surface area contributed by atoms with Gasteiger partial charge in [0.05, 0.1) is 0 Å². The first-order valence-corrected chi connectivity index (χ1v) is 5.27. The van der Waals surface area contributed by atoms with Crippen molar-refractivity contribution in [1.82, 2.24) is 4.98 Å². The molecule has 1 aromatic rings. The molecular formula is C12H17N. The lowest BCUT2D eigenvalue weighted by Gasteiger charge is -2.26. The Morgan fingerprint density at radius 2 is 2.23 bits per heavy atom. The highest BCUT2D eigenvalue weighted by atomic mass is 14.7. The van der Waals surface area contributed by atoms with E-state index in [4.69, 9.17) is 0 Å². The van der Waals surface area contributed by atoms with Crippen LogP contribution in [-0.4, -0.2) is 4.98 Å². The summed E-state index contributed by atoms with van der Waals surface area (Å²) in [6.07, 6.45) is 7.36. The second-order valence-electron chi connectivity index (χ2n) is 4.22. The molecule has 1 fully saturated rings. The molecule has 0 saturated heterocycles. The Bertz CT molecular complexity index is 255. The lowest BCUT2D eigenvalue weighted by Crippen LogP contribution is -2.12. The first-order valence-electron chi connectivity index (χ1n) is 5.27. The average molecular weight is 175 g/mol. The summed E-state index contributed by atoms with van der Waals surface area (Å²) in [5.74, 6) is 1.62. The van der Waals surface area contributed by atoms with E-state index in [1.54, 1.807) is 0 Å². The molecule has 0 amide bonds. The van der Waals surface area contributed by atoms with Crippen molar-refractivity contribution in [3.8, 4) is 0 Å². The van der Waals surface area contributed by atoms with Gasteiger partial charge >= 0.3 is 0 Å². The number of hydrogen-bond donors (Lipinski definition) is 0. The normalized spacial score (nSPS) is 28.7. The Hall–Kier alpha value is -0.850. The topological polar surface area (TPSA) is 12.9 Å². The van der Waals surface area contributed by atoms with E-state index in [1.165, 1.54) is 31.4 Å². The molecule has 0 N–H and O–H groups in total. The molecule has 1 aliphatic rings. The predicted molar refractivity (Wildman–Crippen MR) is 54.6 cm³/mol. The second-order valence-corrected chi connectivity index (χ2v) is 4.22. The van der Waals surface area contributed by atoms with Crippen LogP contribution in [0.5, 0.6) is 0 Å². The fraction of sp³-hybridized carbons (Fsp3) is 0.583. The minimum atomic E-state index is 0.727. The highest BCUT2D eigenvalue weighted by Gasteiger charge is 2.20. The summed E-state index contributed by atoms with van der Waals surface area (Å²) in [6.45, 7) is 2.36. The van der Waals surface area contributed by atoms with Gasteiger partial charge in [0.1, 0.15) is 0 Å². The Kier molecular flexibility index (Phi) is 2.62. The maximum Gasteiger partial charge on any atom is 0.0434 e. The van der Waals surface area contributed by atoms with Crippen molar-refractivity contribution in [2.24, 2.45) is 5.92 Å². The number of hydrogen-bond acceptors (Lipinski definition) is 1. The maximum atomic E-state index is 4.44. The molecule has 0 bridgehead atoms. The van der Waals surface area contributed by atoms with Crippen molar-refractivity contribution in [2.45, 2.75) is 38.5 Å². The fourth-order valence-electron chi connectivity index (χ4n) is 2.32. The van der Waals surface area contributed by atoms with Crippen LogP contribution in [-0.2, 0) is 0 Å². The van der Waals surface area contributed by atoms with Gasteiger partial charge in [-0.2, -0.15) is 0 Å². The maximum absolute atomic E-state index is 4.44. The molecule has 1 heterocycles. The Morgan fingerprint density at radius 3 is 2.92 bits per heavy atom. The standard InChI is InChI=1S/C12H17N/c1-10-5-4-6-11(9-10)12-7-2-3-8-13-12/h2-3,7-8,10-11H,4-6,9H2,1H3/t10-,11?/m1/s1. The van der Waals surface area contributed by atoms with Gasteiger partial charge in [-0.25, -0.2) is 0 Å². The SMILES string of the molecule is C[C@@H]1CCCC(c2ccccn2)C1. The molecule has 1 aliphatic carbocycles. The van der Waals surface area contributed by atoms with Crippen LogP contribution in [0.25, 0.3) is 0 Å². The van der Waals surface area contributed by atoms with Crippen molar-refractivity contribution in [3.63, 3.8) is 0 Å². The van der Waals surface area contributed by atoms with Gasteiger partial charge in [-0.3, -0.25) is 4.98 Å². The van der Waals surface area contributed by atoms with Crippen LogP contribution < -0.4 is 0 Å². The van der Waals surface area contributed by atoms with Gasteiger partial charge in [-0.15, -0.1) is 0 Å². The zero-order chi connectivity index (χ0) is 9.10. The van der Waals surface area contributed by atoms with Crippen LogP contribution in [0, 0.1) is 5.92 Å². The van der Waals surface area contributed by atoms with Gasteiger partial charge in [0.15, 0.2) is 0 Å². The van der Waals surface area contributed by atoms with Crippen LogP contribution in [0.4, 0.5) is 0 Å². The third-order valence-corrected chi connectivity index (χ3v) is 3.04. The largest absolute Gasteiger partial charge is 0.261 e. The molecular weight excluding hydrogens is 158 g/mol. The van der Waals surface area contributed by atoms with Gasteiger partial charge < -0.3 is 0 Å². The quantitative estimate of drug-likeness (QED) is 0.637. The van der Waals surface area contributed by atoms with E-state index in [0.29, 0.717) is 0 Å². The van der Waals surface area contributed by atoms with Gasteiger partial charge in [-0.1, -0.05) is 25.8 Å². The molecule has 0 aromatic carbocycles. The predicted octanol–water partition coefficient (Wildman–Crippen LogP) is 3.38. The minimum Gasteiger partial charge on any atom is -0.261 e. The number of pyridine rings is 1. The highest BCUT2D eigenvalue weighted by Crippen LogP contribution is 2.34. The van der Waals surface area contributed by atoms with Crippen molar-refractivity contribution in [2.75, 3.05) is 0 Å². The molecule has 2 atom stereocenters. The van der Waals surface area contributed by atoms with Gasteiger partial charge in [0.25, 0.3) is 0 Å². The third-order valence-electron chi connectivity index (χ3n) is 3.04. The van der Waals surface area contributed by atoms with E-state index in [0.717, 1.165) is 11.8 Å². The molecule has 13 heavy (non-hydrogen) atoms. The van der Waals surface area contributed by atoms with Crippen LogP contribution in [0.2, 0.25) is 0 Å². The van der Waals surface area contributed by atoms with Crippen LogP contribution in [0.3, 0.4) is 0 Å². The number of aromatic nitrogens is 1. The van der Waals surface area contributed by atoms with Gasteiger partial charge in [0, 0.05) is 17.8 Å². The van der Waals surface area contributed by atoms with E-state index < -0.39 is 0 Å². The molecule has 1 aromatic heterocycles. The van der Waals surface area contributed by atoms with Crippen molar-refractivity contribution in [3.05, 3.63) is 30.1 Å². The fourth-order valence-corrected chi connectivity index (χ4v) is 2.32. The average Bonchev–Trinajstić information content (AvgIpc) is 2.19. The lowest BCUT2D eigenvalue weighted by molar-refractivity contribution is 0.340. The van der Waals surface area contributed by atoms with E-state index in [1.807, 2.05) is 12.3 Å². The minimum absolute atomic E-state index is 0.727. The Morgan fingerprint density at radius 1 is 1.31 bits per heavy atom. The van der Waals surface area contributed by atoms with Gasteiger partial charge in [0.2, 0.25) is 0 Å². The van der Waals surface area contributed by atoms with Crippen molar-refractivity contribution in [1.29, 1.82) is 0 Å². The summed E-state index contributed by atoms with van der Waals surface area (Å²) in [7, 11) is 0. The summed E-state index contributed by atoms with van der Waals surface area (Å²) in [6, 6.07) is 6.26. The Labute approximate surface area is 80.2 Å². The molecule has 0 aliphatic heterocycles. The number of rotatable bonds is 1. The van der Waals surface area contributed by atoms with Crippen LogP contribution in [0.15, 0.2) is 24.4 Å².